The predicted octanol–water partition coefficient (Wildman–Crippen LogP) is 1.75. The molecule has 0 aromatic carbocycles. The average molecular weight is 348 g/mol. The van der Waals surface area contributed by atoms with Crippen molar-refractivity contribution < 1.29 is 5.11 Å². The summed E-state index contributed by atoms with van der Waals surface area (Å²) < 4.78 is 2.24. The Morgan fingerprint density at radius 2 is 1.76 bits per heavy atom. The van der Waals surface area contributed by atoms with Crippen molar-refractivity contribution in [1.29, 1.82) is 0 Å². The van der Waals surface area contributed by atoms with Crippen molar-refractivity contribution in [3.8, 4) is 0 Å². The number of likely N-dealkylation sites (tertiary alicyclic amines) is 2. The zero-order chi connectivity index (χ0) is 17.2. The molecular formula is C19H33N5O. The highest BCUT2D eigenvalue weighted by atomic mass is 16.3. The molecule has 6 heteroatoms. The zero-order valence-electron chi connectivity index (χ0n) is 15.6. The first-order valence-corrected chi connectivity index (χ1v) is 10.2. The lowest BCUT2D eigenvalue weighted by Gasteiger charge is -2.37. The first kappa shape index (κ1) is 17.4. The summed E-state index contributed by atoms with van der Waals surface area (Å²) in [6, 6.07) is 0. The van der Waals surface area contributed by atoms with Gasteiger partial charge in [-0.25, -0.2) is 0 Å². The smallest absolute Gasteiger partial charge is 0.146 e. The molecular weight excluding hydrogens is 314 g/mol. The maximum atomic E-state index is 9.67. The van der Waals surface area contributed by atoms with Crippen LogP contribution in [0.25, 0.3) is 0 Å². The second kappa shape index (κ2) is 7.72. The van der Waals surface area contributed by atoms with E-state index in [4.69, 9.17) is 0 Å². The molecule has 4 rings (SSSR count). The van der Waals surface area contributed by atoms with E-state index < -0.39 is 0 Å². The molecule has 25 heavy (non-hydrogen) atoms. The topological polar surface area (TPSA) is 57.4 Å². The Balaban J connectivity index is 1.36. The highest BCUT2D eigenvalue weighted by molar-refractivity contribution is 5.04. The second-order valence-corrected chi connectivity index (χ2v) is 8.44. The van der Waals surface area contributed by atoms with Crippen LogP contribution in [-0.2, 0) is 13.6 Å². The number of rotatable bonds is 5. The molecule has 3 fully saturated rings. The van der Waals surface area contributed by atoms with Gasteiger partial charge in [0.25, 0.3) is 0 Å². The van der Waals surface area contributed by atoms with Crippen molar-refractivity contribution in [1.82, 2.24) is 24.6 Å². The molecule has 1 saturated carbocycles. The van der Waals surface area contributed by atoms with E-state index in [2.05, 4.69) is 31.6 Å². The van der Waals surface area contributed by atoms with E-state index in [9.17, 15) is 5.11 Å². The van der Waals surface area contributed by atoms with Crippen molar-refractivity contribution in [2.45, 2.75) is 63.5 Å². The highest BCUT2D eigenvalue weighted by Gasteiger charge is 2.29. The van der Waals surface area contributed by atoms with Crippen LogP contribution in [0.2, 0.25) is 0 Å². The van der Waals surface area contributed by atoms with Crippen LogP contribution in [0.5, 0.6) is 0 Å². The summed E-state index contributed by atoms with van der Waals surface area (Å²) in [6.45, 7) is 6.47. The van der Waals surface area contributed by atoms with E-state index in [0.29, 0.717) is 5.92 Å². The molecule has 1 aromatic rings. The minimum Gasteiger partial charge on any atom is -0.393 e. The van der Waals surface area contributed by atoms with Gasteiger partial charge in [-0.1, -0.05) is 6.42 Å². The number of aliphatic hydroxyl groups is 1. The lowest BCUT2D eigenvalue weighted by atomic mass is 9.84. The Bertz CT molecular complexity index is 562. The van der Waals surface area contributed by atoms with Gasteiger partial charge < -0.3 is 14.6 Å². The molecule has 1 atom stereocenters. The van der Waals surface area contributed by atoms with Gasteiger partial charge >= 0.3 is 0 Å². The first-order chi connectivity index (χ1) is 12.2. The number of nitrogens with zero attached hydrogens (tertiary/aromatic N) is 5. The minimum atomic E-state index is -0.116. The fourth-order valence-corrected chi connectivity index (χ4v) is 4.62. The molecule has 0 spiro atoms. The van der Waals surface area contributed by atoms with Crippen molar-refractivity contribution in [3.05, 3.63) is 11.6 Å². The Kier molecular flexibility index (Phi) is 5.39. The Morgan fingerprint density at radius 1 is 0.960 bits per heavy atom. The van der Waals surface area contributed by atoms with Crippen molar-refractivity contribution in [2.24, 2.45) is 13.0 Å². The second-order valence-electron chi connectivity index (χ2n) is 8.44. The Labute approximate surface area is 151 Å². The Hall–Kier alpha value is -0.980. The number of hydrogen-bond acceptors (Lipinski definition) is 5. The van der Waals surface area contributed by atoms with Crippen molar-refractivity contribution >= 4 is 0 Å². The van der Waals surface area contributed by atoms with E-state index >= 15 is 0 Å². The molecule has 140 valence electrons. The van der Waals surface area contributed by atoms with Gasteiger partial charge in [0.2, 0.25) is 0 Å². The highest BCUT2D eigenvalue weighted by Crippen LogP contribution is 2.31. The molecule has 1 N–H and O–H groups in total. The number of hydrogen-bond donors (Lipinski definition) is 1. The molecule has 0 bridgehead atoms. The maximum Gasteiger partial charge on any atom is 0.146 e. The summed E-state index contributed by atoms with van der Waals surface area (Å²) in [4.78, 5) is 5.06. The summed E-state index contributed by atoms with van der Waals surface area (Å²) >= 11 is 0. The summed E-state index contributed by atoms with van der Waals surface area (Å²) in [5.41, 5.74) is 0. The average Bonchev–Trinajstić information content (AvgIpc) is 2.94. The molecule has 3 heterocycles. The van der Waals surface area contributed by atoms with Gasteiger partial charge in [-0.2, -0.15) is 0 Å². The van der Waals surface area contributed by atoms with Gasteiger partial charge in [-0.3, -0.25) is 4.90 Å². The fraction of sp³-hybridized carbons (Fsp3) is 0.895. The molecule has 0 amide bonds. The SMILES string of the molecule is Cn1c(CN2CCC(O)CC2)nnc1[C@@H]1CCCN(CC2CCC2)C1. The van der Waals surface area contributed by atoms with E-state index in [0.717, 1.165) is 50.8 Å². The molecule has 3 aliphatic rings. The molecule has 2 saturated heterocycles. The van der Waals surface area contributed by atoms with Crippen LogP contribution in [0.15, 0.2) is 0 Å². The fourth-order valence-electron chi connectivity index (χ4n) is 4.62. The molecule has 1 aliphatic carbocycles. The predicted molar refractivity (Wildman–Crippen MR) is 97.3 cm³/mol. The van der Waals surface area contributed by atoms with Crippen LogP contribution < -0.4 is 0 Å². The standard InChI is InChI=1S/C19H33N5O/c1-22-18(14-23-10-7-17(25)8-11-23)20-21-19(22)16-6-3-9-24(13-16)12-15-4-2-5-15/h15-17,25H,2-14H2,1H3/t16-/m1/s1. The lowest BCUT2D eigenvalue weighted by molar-refractivity contribution is 0.0775. The van der Waals surface area contributed by atoms with Gasteiger partial charge in [-0.05, 0) is 51.0 Å². The van der Waals surface area contributed by atoms with Crippen molar-refractivity contribution in [3.63, 3.8) is 0 Å². The van der Waals surface area contributed by atoms with Crippen LogP contribution in [-0.4, -0.2) is 68.5 Å². The maximum absolute atomic E-state index is 9.67. The normalized spacial score (nSPS) is 27.5. The zero-order valence-corrected chi connectivity index (χ0v) is 15.6. The van der Waals surface area contributed by atoms with E-state index in [1.807, 2.05) is 0 Å². The molecule has 0 unspecified atom stereocenters. The third-order valence-corrected chi connectivity index (χ3v) is 6.53. The van der Waals surface area contributed by atoms with E-state index in [1.165, 1.54) is 51.0 Å². The monoisotopic (exact) mass is 347 g/mol. The van der Waals surface area contributed by atoms with Gasteiger partial charge in [-0.15, -0.1) is 10.2 Å². The van der Waals surface area contributed by atoms with Crippen molar-refractivity contribution in [2.75, 3.05) is 32.7 Å². The number of piperidine rings is 2. The number of aliphatic hydroxyl groups excluding tert-OH is 1. The summed E-state index contributed by atoms with van der Waals surface area (Å²) in [5, 5.41) is 18.8. The summed E-state index contributed by atoms with van der Waals surface area (Å²) in [6.07, 6.45) is 8.46. The van der Waals surface area contributed by atoms with Crippen LogP contribution in [0.1, 0.15) is 62.5 Å². The Morgan fingerprint density at radius 3 is 2.48 bits per heavy atom. The van der Waals surface area contributed by atoms with Crippen LogP contribution >= 0.6 is 0 Å². The molecule has 0 radical (unpaired) electrons. The summed E-state index contributed by atoms with van der Waals surface area (Å²) in [5.74, 6) is 3.72. The number of aromatic nitrogens is 3. The first-order valence-electron chi connectivity index (χ1n) is 10.2. The summed E-state index contributed by atoms with van der Waals surface area (Å²) in [7, 11) is 2.13. The van der Waals surface area contributed by atoms with Crippen LogP contribution in [0.3, 0.4) is 0 Å². The minimum absolute atomic E-state index is 0.116. The largest absolute Gasteiger partial charge is 0.393 e. The van der Waals surface area contributed by atoms with Gasteiger partial charge in [0.1, 0.15) is 11.6 Å². The van der Waals surface area contributed by atoms with E-state index in [-0.39, 0.29) is 6.10 Å². The van der Waals surface area contributed by atoms with Gasteiger partial charge in [0, 0.05) is 39.1 Å². The third kappa shape index (κ3) is 4.07. The quantitative estimate of drug-likeness (QED) is 0.879. The van der Waals surface area contributed by atoms with Gasteiger partial charge in [0.15, 0.2) is 0 Å². The molecule has 2 aliphatic heterocycles. The van der Waals surface area contributed by atoms with E-state index in [1.54, 1.807) is 0 Å². The van der Waals surface area contributed by atoms with Crippen LogP contribution in [0, 0.1) is 5.92 Å². The molecule has 6 nitrogen and oxygen atoms in total. The molecule has 1 aromatic heterocycles. The lowest BCUT2D eigenvalue weighted by Crippen LogP contribution is -2.40. The third-order valence-electron chi connectivity index (χ3n) is 6.53. The van der Waals surface area contributed by atoms with Crippen LogP contribution in [0.4, 0.5) is 0 Å². The van der Waals surface area contributed by atoms with Gasteiger partial charge in [0.05, 0.1) is 12.6 Å².